The molecule has 0 aromatic heterocycles. The fraction of sp³-hybridized carbons (Fsp3) is 0.826. The van der Waals surface area contributed by atoms with Gasteiger partial charge in [0.15, 0.2) is 5.71 Å². The molecular weight excluding hydrogens is 410 g/mol. The number of nitrogens with zero attached hydrogens (tertiary/aromatic N) is 5. The van der Waals surface area contributed by atoms with Crippen molar-refractivity contribution in [3.63, 3.8) is 0 Å². The van der Waals surface area contributed by atoms with Crippen LogP contribution in [-0.4, -0.2) is 108 Å². The van der Waals surface area contributed by atoms with Crippen LogP contribution in [0.4, 0.5) is 4.79 Å². The van der Waals surface area contributed by atoms with E-state index in [-0.39, 0.29) is 18.3 Å². The molecule has 2 unspecified atom stereocenters. The molecular formula is C23H37N5O4. The smallest absolute Gasteiger partial charge is 0.410 e. The van der Waals surface area contributed by atoms with Crippen molar-refractivity contribution in [3.05, 3.63) is 0 Å². The predicted molar refractivity (Wildman–Crippen MR) is 122 cm³/mol. The van der Waals surface area contributed by atoms with Gasteiger partial charge < -0.3 is 14.4 Å². The Morgan fingerprint density at radius 2 is 1.84 bits per heavy atom. The zero-order chi connectivity index (χ0) is 23.0. The summed E-state index contributed by atoms with van der Waals surface area (Å²) in [5.41, 5.74) is -0.137. The molecule has 32 heavy (non-hydrogen) atoms. The van der Waals surface area contributed by atoms with E-state index < -0.39 is 11.6 Å². The molecule has 0 saturated carbocycles. The largest absolute Gasteiger partial charge is 0.464 e. The molecule has 4 aliphatic rings. The summed E-state index contributed by atoms with van der Waals surface area (Å²) in [5, 5.41) is 0. The van der Waals surface area contributed by atoms with Gasteiger partial charge in [-0.25, -0.2) is 9.59 Å². The average molecular weight is 448 g/mol. The van der Waals surface area contributed by atoms with Gasteiger partial charge >= 0.3 is 12.1 Å². The fourth-order valence-electron chi connectivity index (χ4n) is 5.54. The van der Waals surface area contributed by atoms with Gasteiger partial charge in [-0.2, -0.15) is 0 Å². The third kappa shape index (κ3) is 4.69. The average Bonchev–Trinajstić information content (AvgIpc) is 3.13. The number of hydrogen-bond donors (Lipinski definition) is 0. The Balaban J connectivity index is 1.38. The van der Waals surface area contributed by atoms with Crippen LogP contribution in [-0.2, 0) is 14.3 Å². The van der Waals surface area contributed by atoms with Crippen LogP contribution in [0.25, 0.3) is 0 Å². The van der Waals surface area contributed by atoms with E-state index in [1.54, 1.807) is 6.21 Å². The first-order chi connectivity index (χ1) is 15.2. The Bertz CT molecular complexity index is 784. The van der Waals surface area contributed by atoms with Crippen molar-refractivity contribution in [1.82, 2.24) is 14.7 Å². The maximum Gasteiger partial charge on any atom is 0.410 e. The molecule has 9 nitrogen and oxygen atoms in total. The second-order valence-corrected chi connectivity index (χ2v) is 10.3. The molecule has 178 valence electrons. The SMILES string of the molecule is CC[C@H]1CN2C3N=CC(C(=O)OC)=NC3C[C@@H]2CN1C1CCN(C(=O)OC(C)(C)C)CC1. The van der Waals surface area contributed by atoms with Crippen LogP contribution in [0.15, 0.2) is 9.98 Å². The van der Waals surface area contributed by atoms with Crippen LogP contribution in [0.1, 0.15) is 53.4 Å². The molecule has 0 N–H and O–H groups in total. The van der Waals surface area contributed by atoms with E-state index in [1.807, 2.05) is 25.7 Å². The first-order valence-electron chi connectivity index (χ1n) is 11.9. The molecule has 0 aliphatic carbocycles. The van der Waals surface area contributed by atoms with Crippen molar-refractivity contribution in [3.8, 4) is 0 Å². The molecule has 0 spiro atoms. The molecule has 9 heteroatoms. The van der Waals surface area contributed by atoms with E-state index in [4.69, 9.17) is 9.47 Å². The summed E-state index contributed by atoms with van der Waals surface area (Å²) in [6.45, 7) is 11.4. The third-order valence-corrected chi connectivity index (χ3v) is 7.08. The van der Waals surface area contributed by atoms with Crippen LogP contribution < -0.4 is 0 Å². The molecule has 3 fully saturated rings. The number of carbonyl (C=O) groups is 2. The van der Waals surface area contributed by atoms with Crippen molar-refractivity contribution < 1.29 is 19.1 Å². The zero-order valence-electron chi connectivity index (χ0n) is 20.0. The molecule has 1 amide bonds. The molecule has 4 rings (SSSR count). The predicted octanol–water partition coefficient (Wildman–Crippen LogP) is 1.95. The number of esters is 1. The summed E-state index contributed by atoms with van der Waals surface area (Å²) in [6.07, 6.45) is 5.33. The minimum atomic E-state index is -0.463. The summed E-state index contributed by atoms with van der Waals surface area (Å²) < 4.78 is 10.4. The maximum absolute atomic E-state index is 12.4. The normalized spacial score (nSPS) is 31.7. The third-order valence-electron chi connectivity index (χ3n) is 7.08. The van der Waals surface area contributed by atoms with Gasteiger partial charge in [0.25, 0.3) is 0 Å². The van der Waals surface area contributed by atoms with E-state index in [9.17, 15) is 9.59 Å². The summed E-state index contributed by atoms with van der Waals surface area (Å²) in [6, 6.07) is 1.34. The Morgan fingerprint density at radius 3 is 2.47 bits per heavy atom. The molecule has 0 radical (unpaired) electrons. The highest BCUT2D eigenvalue weighted by Crippen LogP contribution is 2.36. The van der Waals surface area contributed by atoms with Gasteiger partial charge in [-0.3, -0.25) is 19.8 Å². The number of piperidine rings is 1. The highest BCUT2D eigenvalue weighted by atomic mass is 16.6. The molecule has 0 aromatic carbocycles. The van der Waals surface area contributed by atoms with Crippen molar-refractivity contribution >= 4 is 24.0 Å². The Morgan fingerprint density at radius 1 is 1.12 bits per heavy atom. The first kappa shape index (κ1) is 23.2. The van der Waals surface area contributed by atoms with Gasteiger partial charge in [0.05, 0.1) is 19.4 Å². The lowest BCUT2D eigenvalue weighted by Crippen LogP contribution is -2.61. The highest BCUT2D eigenvalue weighted by Gasteiger charge is 2.48. The van der Waals surface area contributed by atoms with Crippen LogP contribution in [0, 0.1) is 0 Å². The lowest BCUT2D eigenvalue weighted by molar-refractivity contribution is -0.132. The van der Waals surface area contributed by atoms with Gasteiger partial charge in [-0.05, 0) is 46.5 Å². The zero-order valence-corrected chi connectivity index (χ0v) is 20.0. The van der Waals surface area contributed by atoms with Crippen molar-refractivity contribution in [2.75, 3.05) is 33.3 Å². The van der Waals surface area contributed by atoms with Gasteiger partial charge in [0.1, 0.15) is 11.8 Å². The Kier molecular flexibility index (Phi) is 6.58. The lowest BCUT2D eigenvalue weighted by Gasteiger charge is -2.49. The number of rotatable bonds is 3. The number of likely N-dealkylation sites (tertiary alicyclic amines) is 1. The quantitative estimate of drug-likeness (QED) is 0.615. The van der Waals surface area contributed by atoms with Gasteiger partial charge in [0.2, 0.25) is 0 Å². The molecule has 4 aliphatic heterocycles. The number of carbonyl (C=O) groups excluding carboxylic acids is 2. The van der Waals surface area contributed by atoms with Crippen LogP contribution in [0.2, 0.25) is 0 Å². The molecule has 4 atom stereocenters. The number of ether oxygens (including phenoxy) is 2. The van der Waals surface area contributed by atoms with Crippen molar-refractivity contribution in [2.45, 2.75) is 89.3 Å². The second kappa shape index (κ2) is 9.09. The number of methoxy groups -OCH3 is 1. The van der Waals surface area contributed by atoms with E-state index >= 15 is 0 Å². The molecule has 0 bridgehead atoms. The monoisotopic (exact) mass is 447 g/mol. The number of aliphatic imine (C=N–C) groups is 2. The summed E-state index contributed by atoms with van der Waals surface area (Å²) >= 11 is 0. The molecule has 0 aromatic rings. The number of piperazine rings is 1. The molecule has 4 heterocycles. The van der Waals surface area contributed by atoms with Crippen LogP contribution >= 0.6 is 0 Å². The van der Waals surface area contributed by atoms with Crippen LogP contribution in [0.5, 0.6) is 0 Å². The summed E-state index contributed by atoms with van der Waals surface area (Å²) in [7, 11) is 1.38. The van der Waals surface area contributed by atoms with Crippen LogP contribution in [0.3, 0.4) is 0 Å². The van der Waals surface area contributed by atoms with E-state index in [0.29, 0.717) is 23.8 Å². The number of hydrogen-bond acceptors (Lipinski definition) is 8. The standard InChI is InChI=1S/C23H37N5O4/c1-6-15-13-28-17(11-18-20(28)24-12-19(25-18)21(29)31-5)14-27(15)16-7-9-26(10-8-16)22(30)32-23(2,3)4/h12,15-18,20H,6-11,13-14H2,1-5H3/t15-,17+,18?,20?/m0/s1. The number of fused-ring (bicyclic) bond motifs is 3. The summed E-state index contributed by atoms with van der Waals surface area (Å²) in [4.78, 5) is 40.7. The Hall–Kier alpha value is -2.00. The second-order valence-electron chi connectivity index (χ2n) is 10.3. The Labute approximate surface area is 190 Å². The fourth-order valence-corrected chi connectivity index (χ4v) is 5.54. The first-order valence-corrected chi connectivity index (χ1v) is 11.9. The topological polar surface area (TPSA) is 87.0 Å². The minimum absolute atomic E-state index is 0.0190. The maximum atomic E-state index is 12.4. The van der Waals surface area contributed by atoms with Gasteiger partial charge in [0, 0.05) is 44.3 Å². The summed E-state index contributed by atoms with van der Waals surface area (Å²) in [5.74, 6) is -0.415. The molecule has 3 saturated heterocycles. The minimum Gasteiger partial charge on any atom is -0.464 e. The van der Waals surface area contributed by atoms with E-state index in [0.717, 1.165) is 51.9 Å². The van der Waals surface area contributed by atoms with E-state index in [2.05, 4.69) is 26.7 Å². The van der Waals surface area contributed by atoms with Gasteiger partial charge in [-0.15, -0.1) is 0 Å². The van der Waals surface area contributed by atoms with E-state index in [1.165, 1.54) is 7.11 Å². The van der Waals surface area contributed by atoms with Gasteiger partial charge in [-0.1, -0.05) is 6.92 Å². The van der Waals surface area contributed by atoms with Crippen molar-refractivity contribution in [2.24, 2.45) is 9.98 Å². The number of amides is 1. The van der Waals surface area contributed by atoms with Crippen molar-refractivity contribution in [1.29, 1.82) is 0 Å². The highest BCUT2D eigenvalue weighted by molar-refractivity contribution is 6.59. The lowest BCUT2D eigenvalue weighted by atomic mass is 9.96.